The third-order valence-corrected chi connectivity index (χ3v) is 9.44. The first kappa shape index (κ1) is 32.7. The Morgan fingerprint density at radius 1 is 0.600 bits per heavy atom. The van der Waals surface area contributed by atoms with Crippen LogP contribution in [-0.2, 0) is 0 Å². The fourth-order valence-electron chi connectivity index (χ4n) is 6.56. The van der Waals surface area contributed by atoms with Crippen molar-refractivity contribution in [2.45, 2.75) is 27.7 Å². The van der Waals surface area contributed by atoms with Crippen molar-refractivity contribution >= 4 is 68.2 Å². The molecule has 2 aliphatic rings. The maximum absolute atomic E-state index is 12.9. The summed E-state index contributed by atoms with van der Waals surface area (Å²) in [6.07, 6.45) is 6.94. The molecule has 0 bridgehead atoms. The third-order valence-electron chi connectivity index (χ3n) is 9.25. The molecule has 4 amide bonds. The second-order valence-corrected chi connectivity index (χ2v) is 12.9. The van der Waals surface area contributed by atoms with Gasteiger partial charge in [0.05, 0.1) is 29.3 Å². The maximum atomic E-state index is 12.9. The highest BCUT2D eigenvalue weighted by atomic mass is 35.5. The van der Waals surface area contributed by atoms with Gasteiger partial charge in [-0.2, -0.15) is 0 Å². The molecular weight excluding hydrogens is 652 g/mol. The zero-order valence-corrected chi connectivity index (χ0v) is 28.9. The standard InChI is InChI=1S/C19H17ClN4O.C19H18N4O2/c1-12-5-6-21-11-17(12)24-8-7-23(19(24)25)14-3-4-16-15(10-14)13(2)9-18(20)22-16;1-12-5-6-20-11-17(12)23-8-7-22(19(23)25)14-3-4-16-15(10-14)13(2)9-18(24)21-16/h3-6,9-11H,7-8H2,1-2H3;3-6,9-11H,7-8H2,1-2H3,(H,21,24). The van der Waals surface area contributed by atoms with Crippen molar-refractivity contribution in [3.63, 3.8) is 0 Å². The van der Waals surface area contributed by atoms with E-state index in [9.17, 15) is 14.4 Å². The molecule has 6 aromatic rings. The molecule has 0 unspecified atom stereocenters. The molecule has 0 spiro atoms. The fraction of sp³-hybridized carbons (Fsp3) is 0.211. The van der Waals surface area contributed by atoms with Gasteiger partial charge in [-0.1, -0.05) is 11.6 Å². The molecule has 4 aromatic heterocycles. The lowest BCUT2D eigenvalue weighted by Gasteiger charge is -2.20. The number of carbonyl (C=O) groups excluding carboxylic acids is 2. The topological polar surface area (TPSA) is 119 Å². The third kappa shape index (κ3) is 6.12. The van der Waals surface area contributed by atoms with Crippen LogP contribution in [0.4, 0.5) is 32.3 Å². The molecule has 1 N–H and O–H groups in total. The summed E-state index contributed by atoms with van der Waals surface area (Å²) in [5.74, 6) is 0. The number of hydrogen-bond donors (Lipinski definition) is 1. The van der Waals surface area contributed by atoms with E-state index in [1.165, 1.54) is 0 Å². The van der Waals surface area contributed by atoms with E-state index >= 15 is 0 Å². The molecule has 2 aromatic carbocycles. The number of carbonyl (C=O) groups is 2. The summed E-state index contributed by atoms with van der Waals surface area (Å²) in [6.45, 7) is 10.4. The van der Waals surface area contributed by atoms with Gasteiger partial charge >= 0.3 is 12.1 Å². The number of amides is 4. The Balaban J connectivity index is 0.000000157. The van der Waals surface area contributed by atoms with Crippen molar-refractivity contribution in [3.05, 3.63) is 123 Å². The second-order valence-electron chi connectivity index (χ2n) is 12.5. The molecule has 12 heteroatoms. The highest BCUT2D eigenvalue weighted by molar-refractivity contribution is 6.30. The van der Waals surface area contributed by atoms with Gasteiger partial charge in [0.2, 0.25) is 5.56 Å². The second kappa shape index (κ2) is 13.2. The fourth-order valence-corrected chi connectivity index (χ4v) is 6.82. The van der Waals surface area contributed by atoms with Gasteiger partial charge in [-0.05, 0) is 105 Å². The number of fused-ring (bicyclic) bond motifs is 2. The van der Waals surface area contributed by atoms with Crippen molar-refractivity contribution in [1.29, 1.82) is 0 Å². The zero-order chi connectivity index (χ0) is 35.1. The minimum atomic E-state index is -0.117. The smallest absolute Gasteiger partial charge is 0.322 e. The molecule has 2 fully saturated rings. The first-order valence-electron chi connectivity index (χ1n) is 16.3. The number of nitrogens with zero attached hydrogens (tertiary/aromatic N) is 7. The molecule has 0 aliphatic carbocycles. The van der Waals surface area contributed by atoms with E-state index in [0.717, 1.165) is 66.8 Å². The van der Waals surface area contributed by atoms with Crippen LogP contribution in [0.15, 0.2) is 90.2 Å². The van der Waals surface area contributed by atoms with Crippen LogP contribution in [0.25, 0.3) is 21.8 Å². The molecule has 2 saturated heterocycles. The highest BCUT2D eigenvalue weighted by Crippen LogP contribution is 2.31. The summed E-state index contributed by atoms with van der Waals surface area (Å²) in [5, 5.41) is 2.43. The minimum absolute atomic E-state index is 0.0324. The first-order valence-corrected chi connectivity index (χ1v) is 16.7. The normalized spacial score (nSPS) is 14.6. The quantitative estimate of drug-likeness (QED) is 0.194. The average Bonchev–Trinajstić information content (AvgIpc) is 3.67. The Morgan fingerprint density at radius 2 is 1.12 bits per heavy atom. The van der Waals surface area contributed by atoms with Crippen LogP contribution in [0.3, 0.4) is 0 Å². The molecule has 11 nitrogen and oxygen atoms in total. The van der Waals surface area contributed by atoms with Crippen LogP contribution < -0.4 is 25.2 Å². The van der Waals surface area contributed by atoms with Crippen molar-refractivity contribution in [2.24, 2.45) is 0 Å². The number of pyridine rings is 4. The zero-order valence-electron chi connectivity index (χ0n) is 28.1. The minimum Gasteiger partial charge on any atom is -0.322 e. The van der Waals surface area contributed by atoms with E-state index in [1.807, 2.05) is 82.3 Å². The monoisotopic (exact) mass is 686 g/mol. The number of aromatic amines is 1. The van der Waals surface area contributed by atoms with Gasteiger partial charge < -0.3 is 4.98 Å². The summed E-state index contributed by atoms with van der Waals surface area (Å²) in [5.41, 5.74) is 8.90. The SMILES string of the molecule is Cc1ccncc1N1CCN(c2ccc3[nH]c(=O)cc(C)c3c2)C1=O.Cc1ccncc1N1CCN(c2ccc3nc(Cl)cc(C)c3c2)C1=O. The van der Waals surface area contributed by atoms with Crippen LogP contribution >= 0.6 is 11.6 Å². The predicted molar refractivity (Wildman–Crippen MR) is 199 cm³/mol. The first-order chi connectivity index (χ1) is 24.1. The van der Waals surface area contributed by atoms with Crippen molar-refractivity contribution in [2.75, 3.05) is 45.8 Å². The van der Waals surface area contributed by atoms with Crippen LogP contribution in [0.5, 0.6) is 0 Å². The molecule has 8 rings (SSSR count). The van der Waals surface area contributed by atoms with Gasteiger partial charge in [0, 0.05) is 72.3 Å². The van der Waals surface area contributed by atoms with Gasteiger partial charge in [0.25, 0.3) is 0 Å². The lowest BCUT2D eigenvalue weighted by Crippen LogP contribution is -2.32. The number of benzene rings is 2. The van der Waals surface area contributed by atoms with E-state index in [0.29, 0.717) is 31.3 Å². The van der Waals surface area contributed by atoms with Crippen molar-refractivity contribution in [1.82, 2.24) is 19.9 Å². The number of nitrogens with one attached hydrogen (secondary N) is 1. The van der Waals surface area contributed by atoms with E-state index in [1.54, 1.807) is 50.5 Å². The summed E-state index contributed by atoms with van der Waals surface area (Å²) < 4.78 is 0. The van der Waals surface area contributed by atoms with E-state index < -0.39 is 0 Å². The van der Waals surface area contributed by atoms with Gasteiger partial charge in [0.1, 0.15) is 5.15 Å². The van der Waals surface area contributed by atoms with Crippen molar-refractivity contribution < 1.29 is 9.59 Å². The Kier molecular flexibility index (Phi) is 8.67. The summed E-state index contributed by atoms with van der Waals surface area (Å²) >= 11 is 6.03. The van der Waals surface area contributed by atoms with Crippen molar-refractivity contribution in [3.8, 4) is 0 Å². The average molecular weight is 687 g/mol. The van der Waals surface area contributed by atoms with E-state index in [4.69, 9.17) is 11.6 Å². The number of urea groups is 2. The predicted octanol–water partition coefficient (Wildman–Crippen LogP) is 7.33. The number of aryl methyl sites for hydroxylation is 4. The largest absolute Gasteiger partial charge is 0.329 e. The maximum Gasteiger partial charge on any atom is 0.329 e. The molecule has 0 radical (unpaired) electrons. The number of halogens is 1. The van der Waals surface area contributed by atoms with Gasteiger partial charge in [-0.3, -0.25) is 34.4 Å². The van der Waals surface area contributed by atoms with Crippen LogP contribution in [0.1, 0.15) is 22.3 Å². The molecule has 0 saturated carbocycles. The molecule has 252 valence electrons. The van der Waals surface area contributed by atoms with E-state index in [2.05, 4.69) is 19.9 Å². The number of H-pyrrole nitrogens is 1. The number of anilines is 4. The Labute approximate surface area is 293 Å². The summed E-state index contributed by atoms with van der Waals surface area (Å²) in [6, 6.07) is 18.7. The highest BCUT2D eigenvalue weighted by Gasteiger charge is 2.33. The Hall–Kier alpha value is -5.81. The molecular formula is C38H35ClN8O3. The molecule has 2 aliphatic heterocycles. The molecule has 0 atom stereocenters. The van der Waals surface area contributed by atoms with E-state index in [-0.39, 0.29) is 17.6 Å². The lowest BCUT2D eigenvalue weighted by atomic mass is 10.1. The summed E-state index contributed by atoms with van der Waals surface area (Å²) in [7, 11) is 0. The number of aromatic nitrogens is 4. The summed E-state index contributed by atoms with van der Waals surface area (Å²) in [4.78, 5) is 60.0. The molecule has 6 heterocycles. The van der Waals surface area contributed by atoms with Gasteiger partial charge in [-0.25, -0.2) is 14.6 Å². The number of hydrogen-bond acceptors (Lipinski definition) is 6. The molecule has 50 heavy (non-hydrogen) atoms. The van der Waals surface area contributed by atoms with Gasteiger partial charge in [0.15, 0.2) is 0 Å². The number of rotatable bonds is 4. The Bertz CT molecular complexity index is 2360. The van der Waals surface area contributed by atoms with Gasteiger partial charge in [-0.15, -0.1) is 0 Å². The Morgan fingerprint density at radius 3 is 1.70 bits per heavy atom. The van der Waals surface area contributed by atoms with Crippen LogP contribution in [0, 0.1) is 27.7 Å². The van der Waals surface area contributed by atoms with Crippen LogP contribution in [-0.4, -0.2) is 58.2 Å². The van der Waals surface area contributed by atoms with Crippen LogP contribution in [0.2, 0.25) is 5.15 Å². The lowest BCUT2D eigenvalue weighted by molar-refractivity contribution is 0.255.